The van der Waals surface area contributed by atoms with Crippen molar-refractivity contribution in [2.75, 3.05) is 5.32 Å². The van der Waals surface area contributed by atoms with Crippen LogP contribution in [0.5, 0.6) is 0 Å². The Bertz CT molecular complexity index is 569. The van der Waals surface area contributed by atoms with Gasteiger partial charge >= 0.3 is 0 Å². The Hall–Kier alpha value is -2.43. The third-order valence-corrected chi connectivity index (χ3v) is 3.20. The first-order chi connectivity index (χ1) is 10.2. The SMILES string of the molecule is CCC(C)NC(=O)c1cnc(NCc2ccccc2)nc1. The van der Waals surface area contributed by atoms with Crippen molar-refractivity contribution in [3.05, 3.63) is 53.9 Å². The summed E-state index contributed by atoms with van der Waals surface area (Å²) in [4.78, 5) is 20.2. The summed E-state index contributed by atoms with van der Waals surface area (Å²) in [5.74, 6) is 0.373. The molecule has 0 aliphatic heterocycles. The molecular weight excluding hydrogens is 264 g/mol. The van der Waals surface area contributed by atoms with Crippen LogP contribution in [0, 0.1) is 0 Å². The molecule has 2 N–H and O–H groups in total. The Balaban J connectivity index is 1.91. The van der Waals surface area contributed by atoms with Crippen LogP contribution in [0.15, 0.2) is 42.7 Å². The molecule has 2 rings (SSSR count). The van der Waals surface area contributed by atoms with Crippen LogP contribution in [0.4, 0.5) is 5.95 Å². The van der Waals surface area contributed by atoms with E-state index >= 15 is 0 Å². The van der Waals surface area contributed by atoms with Gasteiger partial charge in [0.15, 0.2) is 0 Å². The van der Waals surface area contributed by atoms with E-state index in [4.69, 9.17) is 0 Å². The quantitative estimate of drug-likeness (QED) is 0.855. The van der Waals surface area contributed by atoms with Crippen molar-refractivity contribution in [2.45, 2.75) is 32.9 Å². The van der Waals surface area contributed by atoms with Crippen LogP contribution in [0.25, 0.3) is 0 Å². The van der Waals surface area contributed by atoms with E-state index in [0.29, 0.717) is 18.1 Å². The molecule has 1 heterocycles. The number of carbonyl (C=O) groups excluding carboxylic acids is 1. The lowest BCUT2D eigenvalue weighted by atomic mass is 10.2. The molecule has 1 atom stereocenters. The minimum Gasteiger partial charge on any atom is -0.350 e. The maximum atomic E-state index is 11.9. The molecular formula is C16H20N4O. The van der Waals surface area contributed by atoms with E-state index in [2.05, 4.69) is 20.6 Å². The summed E-state index contributed by atoms with van der Waals surface area (Å²) >= 11 is 0. The minimum atomic E-state index is -0.140. The molecule has 0 saturated carbocycles. The second kappa shape index (κ2) is 7.38. The Morgan fingerprint density at radius 2 is 1.86 bits per heavy atom. The average Bonchev–Trinajstić information content (AvgIpc) is 2.54. The monoisotopic (exact) mass is 284 g/mol. The Labute approximate surface area is 124 Å². The lowest BCUT2D eigenvalue weighted by molar-refractivity contribution is 0.0938. The zero-order chi connectivity index (χ0) is 15.1. The number of aromatic nitrogens is 2. The average molecular weight is 284 g/mol. The van der Waals surface area contributed by atoms with E-state index in [1.165, 1.54) is 12.4 Å². The zero-order valence-electron chi connectivity index (χ0n) is 12.3. The van der Waals surface area contributed by atoms with Gasteiger partial charge in [0, 0.05) is 25.0 Å². The van der Waals surface area contributed by atoms with Crippen molar-refractivity contribution < 1.29 is 4.79 Å². The topological polar surface area (TPSA) is 66.9 Å². The molecule has 0 bridgehead atoms. The standard InChI is InChI=1S/C16H20N4O/c1-3-12(2)20-15(21)14-10-18-16(19-11-14)17-9-13-7-5-4-6-8-13/h4-8,10-12H,3,9H2,1-2H3,(H,20,21)(H,17,18,19). The molecule has 0 radical (unpaired) electrons. The molecule has 5 nitrogen and oxygen atoms in total. The Morgan fingerprint density at radius 3 is 2.48 bits per heavy atom. The summed E-state index contributed by atoms with van der Waals surface area (Å²) in [6, 6.07) is 10.2. The van der Waals surface area contributed by atoms with E-state index < -0.39 is 0 Å². The van der Waals surface area contributed by atoms with E-state index in [9.17, 15) is 4.79 Å². The zero-order valence-corrected chi connectivity index (χ0v) is 12.3. The van der Waals surface area contributed by atoms with Gasteiger partial charge in [-0.3, -0.25) is 4.79 Å². The number of benzene rings is 1. The number of nitrogens with one attached hydrogen (secondary N) is 2. The van der Waals surface area contributed by atoms with Crippen LogP contribution in [-0.2, 0) is 6.54 Å². The number of hydrogen-bond acceptors (Lipinski definition) is 4. The fourth-order valence-corrected chi connectivity index (χ4v) is 1.72. The second-order valence-electron chi connectivity index (χ2n) is 4.92. The molecule has 2 aromatic rings. The number of hydrogen-bond donors (Lipinski definition) is 2. The van der Waals surface area contributed by atoms with Crippen LogP contribution >= 0.6 is 0 Å². The molecule has 0 saturated heterocycles. The number of carbonyl (C=O) groups is 1. The van der Waals surface area contributed by atoms with Crippen molar-refractivity contribution in [1.29, 1.82) is 0 Å². The fourth-order valence-electron chi connectivity index (χ4n) is 1.72. The highest BCUT2D eigenvalue weighted by molar-refractivity contribution is 5.93. The normalized spacial score (nSPS) is 11.7. The summed E-state index contributed by atoms with van der Waals surface area (Å²) < 4.78 is 0. The van der Waals surface area contributed by atoms with Gasteiger partial charge in [-0.15, -0.1) is 0 Å². The van der Waals surface area contributed by atoms with Crippen LogP contribution in [0.1, 0.15) is 36.2 Å². The summed E-state index contributed by atoms with van der Waals surface area (Å²) in [7, 11) is 0. The number of anilines is 1. The largest absolute Gasteiger partial charge is 0.350 e. The summed E-state index contributed by atoms with van der Waals surface area (Å²) in [5, 5.41) is 6.01. The van der Waals surface area contributed by atoms with Crippen LogP contribution in [-0.4, -0.2) is 21.9 Å². The van der Waals surface area contributed by atoms with Crippen LogP contribution in [0.3, 0.4) is 0 Å². The molecule has 1 aromatic carbocycles. The highest BCUT2D eigenvalue weighted by Gasteiger charge is 2.09. The lowest BCUT2D eigenvalue weighted by Gasteiger charge is -2.11. The van der Waals surface area contributed by atoms with E-state index in [0.717, 1.165) is 12.0 Å². The third kappa shape index (κ3) is 4.56. The third-order valence-electron chi connectivity index (χ3n) is 3.20. The highest BCUT2D eigenvalue weighted by Crippen LogP contribution is 2.05. The summed E-state index contributed by atoms with van der Waals surface area (Å²) in [6.07, 6.45) is 3.97. The lowest BCUT2D eigenvalue weighted by Crippen LogP contribution is -2.32. The summed E-state index contributed by atoms with van der Waals surface area (Å²) in [5.41, 5.74) is 1.63. The highest BCUT2D eigenvalue weighted by atomic mass is 16.1. The van der Waals surface area contributed by atoms with Crippen molar-refractivity contribution in [3.8, 4) is 0 Å². The molecule has 1 aromatic heterocycles. The van der Waals surface area contributed by atoms with Crippen LogP contribution < -0.4 is 10.6 Å². The van der Waals surface area contributed by atoms with Gasteiger partial charge in [-0.05, 0) is 18.9 Å². The van der Waals surface area contributed by atoms with Gasteiger partial charge < -0.3 is 10.6 Å². The maximum Gasteiger partial charge on any atom is 0.254 e. The van der Waals surface area contributed by atoms with Crippen molar-refractivity contribution in [1.82, 2.24) is 15.3 Å². The summed E-state index contributed by atoms with van der Waals surface area (Å²) in [6.45, 7) is 4.64. The van der Waals surface area contributed by atoms with Crippen molar-refractivity contribution >= 4 is 11.9 Å². The number of amides is 1. The van der Waals surface area contributed by atoms with Gasteiger partial charge in [-0.2, -0.15) is 0 Å². The van der Waals surface area contributed by atoms with Gasteiger partial charge in [0.05, 0.1) is 5.56 Å². The van der Waals surface area contributed by atoms with E-state index in [1.807, 2.05) is 44.2 Å². The Kier molecular flexibility index (Phi) is 5.26. The van der Waals surface area contributed by atoms with Crippen LogP contribution in [0.2, 0.25) is 0 Å². The number of nitrogens with zero attached hydrogens (tertiary/aromatic N) is 2. The first-order valence-electron chi connectivity index (χ1n) is 7.09. The van der Waals surface area contributed by atoms with E-state index in [1.54, 1.807) is 0 Å². The smallest absolute Gasteiger partial charge is 0.254 e. The predicted molar refractivity (Wildman–Crippen MR) is 83.0 cm³/mol. The van der Waals surface area contributed by atoms with Crippen molar-refractivity contribution in [3.63, 3.8) is 0 Å². The second-order valence-corrected chi connectivity index (χ2v) is 4.92. The molecule has 1 amide bonds. The molecule has 110 valence electrons. The number of rotatable bonds is 6. The Morgan fingerprint density at radius 1 is 1.19 bits per heavy atom. The minimum absolute atomic E-state index is 0.140. The van der Waals surface area contributed by atoms with Gasteiger partial charge in [0.25, 0.3) is 5.91 Å². The molecule has 0 aliphatic rings. The molecule has 0 spiro atoms. The van der Waals surface area contributed by atoms with Gasteiger partial charge in [0.1, 0.15) is 0 Å². The van der Waals surface area contributed by atoms with Crippen molar-refractivity contribution in [2.24, 2.45) is 0 Å². The first kappa shape index (κ1) is 15.0. The predicted octanol–water partition coefficient (Wildman–Crippen LogP) is 2.62. The molecule has 21 heavy (non-hydrogen) atoms. The molecule has 1 unspecified atom stereocenters. The van der Waals surface area contributed by atoms with Gasteiger partial charge in [0.2, 0.25) is 5.95 Å². The van der Waals surface area contributed by atoms with E-state index in [-0.39, 0.29) is 11.9 Å². The maximum absolute atomic E-state index is 11.9. The molecule has 5 heteroatoms. The van der Waals surface area contributed by atoms with Gasteiger partial charge in [-0.25, -0.2) is 9.97 Å². The molecule has 0 aliphatic carbocycles. The first-order valence-corrected chi connectivity index (χ1v) is 7.09. The fraction of sp³-hybridized carbons (Fsp3) is 0.312. The molecule has 0 fully saturated rings. The van der Waals surface area contributed by atoms with Gasteiger partial charge in [-0.1, -0.05) is 37.3 Å².